The lowest BCUT2D eigenvalue weighted by Gasteiger charge is -2.07. The van der Waals surface area contributed by atoms with Gasteiger partial charge in [0.25, 0.3) is 0 Å². The fourth-order valence-electron chi connectivity index (χ4n) is 2.04. The number of hydrogen-bond donors (Lipinski definition) is 0. The maximum absolute atomic E-state index is 4.40. The van der Waals surface area contributed by atoms with Crippen molar-refractivity contribution in [3.8, 4) is 0 Å². The van der Waals surface area contributed by atoms with Crippen molar-refractivity contribution >= 4 is 0 Å². The summed E-state index contributed by atoms with van der Waals surface area (Å²) >= 11 is 0. The maximum atomic E-state index is 4.40. The minimum Gasteiger partial charge on any atom is -0.261 e. The molecule has 0 fully saturated rings. The molecule has 0 aliphatic carbocycles. The molecule has 0 atom stereocenters. The highest BCUT2D eigenvalue weighted by atomic mass is 14.9. The van der Waals surface area contributed by atoms with Crippen LogP contribution in [0, 0.1) is 0 Å². The van der Waals surface area contributed by atoms with Crippen LogP contribution in [0.25, 0.3) is 0 Å². The van der Waals surface area contributed by atoms with Gasteiger partial charge >= 0.3 is 0 Å². The van der Waals surface area contributed by atoms with Gasteiger partial charge in [0.15, 0.2) is 0 Å². The first-order valence-electron chi connectivity index (χ1n) is 9.00. The summed E-state index contributed by atoms with van der Waals surface area (Å²) < 4.78 is 0. The third kappa shape index (κ3) is 7.76. The molecule has 2 rings (SSSR count). The average molecular weight is 344 g/mol. The van der Waals surface area contributed by atoms with E-state index in [0.29, 0.717) is 23.7 Å². The molecule has 0 aliphatic heterocycles. The molecule has 2 heterocycles. The van der Waals surface area contributed by atoms with Crippen molar-refractivity contribution in [2.45, 2.75) is 86.5 Å². The molecule has 0 unspecified atom stereocenters. The molecular formula is C22H37N3. The van der Waals surface area contributed by atoms with Crippen LogP contribution in [0.4, 0.5) is 0 Å². The topological polar surface area (TPSA) is 38.7 Å². The summed E-state index contributed by atoms with van der Waals surface area (Å²) in [6, 6.07) is 4.30. The third-order valence-corrected chi connectivity index (χ3v) is 3.94. The van der Waals surface area contributed by atoms with Gasteiger partial charge < -0.3 is 0 Å². The molecule has 0 aromatic carbocycles. The average Bonchev–Trinajstić information content (AvgIpc) is 2.55. The fourth-order valence-corrected chi connectivity index (χ4v) is 2.04. The molecule has 0 amide bonds. The Morgan fingerprint density at radius 1 is 0.560 bits per heavy atom. The highest BCUT2D eigenvalue weighted by Crippen LogP contribution is 2.16. The predicted octanol–water partition coefficient (Wildman–Crippen LogP) is 6.69. The van der Waals surface area contributed by atoms with E-state index in [1.165, 1.54) is 16.8 Å². The van der Waals surface area contributed by atoms with Gasteiger partial charge in [-0.3, -0.25) is 4.98 Å². The SMILES string of the molecule is C.CC(C)c1ccc(C(C)C)nc1.CC(C)c1cnc(C(C)C)nc1. The van der Waals surface area contributed by atoms with E-state index in [-0.39, 0.29) is 7.43 Å². The quantitative estimate of drug-likeness (QED) is 0.621. The van der Waals surface area contributed by atoms with Crippen molar-refractivity contribution in [1.82, 2.24) is 15.0 Å². The minimum atomic E-state index is 0. The highest BCUT2D eigenvalue weighted by molar-refractivity contribution is 5.18. The van der Waals surface area contributed by atoms with Crippen molar-refractivity contribution < 1.29 is 0 Å². The Balaban J connectivity index is 0.000000443. The first-order chi connectivity index (χ1) is 11.2. The summed E-state index contributed by atoms with van der Waals surface area (Å²) in [4.78, 5) is 13.0. The summed E-state index contributed by atoms with van der Waals surface area (Å²) in [5, 5.41) is 0. The van der Waals surface area contributed by atoms with E-state index in [4.69, 9.17) is 0 Å². The molecule has 0 N–H and O–H groups in total. The van der Waals surface area contributed by atoms with Gasteiger partial charge in [-0.1, -0.05) is 68.9 Å². The lowest BCUT2D eigenvalue weighted by Crippen LogP contribution is -1.99. The first-order valence-corrected chi connectivity index (χ1v) is 9.00. The second kappa shape index (κ2) is 11.0. The van der Waals surface area contributed by atoms with Gasteiger partial charge in [0, 0.05) is 30.2 Å². The van der Waals surface area contributed by atoms with E-state index < -0.39 is 0 Å². The number of nitrogens with zero attached hydrogens (tertiary/aromatic N) is 3. The van der Waals surface area contributed by atoms with E-state index in [0.717, 1.165) is 5.82 Å². The van der Waals surface area contributed by atoms with Crippen LogP contribution in [-0.4, -0.2) is 15.0 Å². The molecule has 0 saturated carbocycles. The van der Waals surface area contributed by atoms with Crippen LogP contribution in [0.15, 0.2) is 30.7 Å². The molecule has 0 saturated heterocycles. The van der Waals surface area contributed by atoms with Crippen LogP contribution >= 0.6 is 0 Å². The van der Waals surface area contributed by atoms with Gasteiger partial charge in [-0.2, -0.15) is 0 Å². The Hall–Kier alpha value is -1.77. The molecule has 2 aromatic heterocycles. The van der Waals surface area contributed by atoms with Gasteiger partial charge in [0.1, 0.15) is 5.82 Å². The summed E-state index contributed by atoms with van der Waals surface area (Å²) in [6.07, 6.45) is 5.83. The largest absolute Gasteiger partial charge is 0.261 e. The van der Waals surface area contributed by atoms with Gasteiger partial charge in [0.05, 0.1) is 0 Å². The van der Waals surface area contributed by atoms with Crippen molar-refractivity contribution in [1.29, 1.82) is 0 Å². The Kier molecular flexibility index (Phi) is 10.2. The second-order valence-electron chi connectivity index (χ2n) is 7.51. The molecule has 25 heavy (non-hydrogen) atoms. The summed E-state index contributed by atoms with van der Waals surface area (Å²) in [7, 11) is 0. The predicted molar refractivity (Wildman–Crippen MR) is 109 cm³/mol. The van der Waals surface area contributed by atoms with E-state index in [2.05, 4.69) is 82.5 Å². The highest BCUT2D eigenvalue weighted by Gasteiger charge is 2.04. The molecule has 3 nitrogen and oxygen atoms in total. The second-order valence-corrected chi connectivity index (χ2v) is 7.51. The monoisotopic (exact) mass is 343 g/mol. The van der Waals surface area contributed by atoms with Crippen LogP contribution in [0.2, 0.25) is 0 Å². The number of pyridine rings is 1. The zero-order chi connectivity index (χ0) is 18.3. The molecule has 0 bridgehead atoms. The van der Waals surface area contributed by atoms with Crippen LogP contribution in [0.5, 0.6) is 0 Å². The molecular weight excluding hydrogens is 306 g/mol. The Morgan fingerprint density at radius 2 is 1.04 bits per heavy atom. The number of aromatic nitrogens is 3. The standard InChI is InChI=1S/C11H17N.C10H16N2.CH4/c1-8(2)10-5-6-11(9(3)4)12-7-10;1-7(2)9-5-11-10(8(3)4)12-6-9;/h5-9H,1-4H3;5-8H,1-4H3;1H4. The van der Waals surface area contributed by atoms with Gasteiger partial charge in [-0.05, 0) is 34.9 Å². The van der Waals surface area contributed by atoms with E-state index in [1.54, 1.807) is 0 Å². The molecule has 0 radical (unpaired) electrons. The summed E-state index contributed by atoms with van der Waals surface area (Å²) in [5.74, 6) is 2.99. The molecule has 0 aliphatic rings. The van der Waals surface area contributed by atoms with Crippen molar-refractivity contribution in [3.63, 3.8) is 0 Å². The summed E-state index contributed by atoms with van der Waals surface area (Å²) in [5.41, 5.74) is 3.71. The Labute approximate surface area is 155 Å². The summed E-state index contributed by atoms with van der Waals surface area (Å²) in [6.45, 7) is 17.2. The Bertz CT molecular complexity index is 472. The van der Waals surface area contributed by atoms with Crippen LogP contribution in [0.3, 0.4) is 0 Å². The maximum Gasteiger partial charge on any atom is 0.130 e. The third-order valence-electron chi connectivity index (χ3n) is 3.94. The molecule has 140 valence electrons. The molecule has 3 heteroatoms. The van der Waals surface area contributed by atoms with Gasteiger partial charge in [-0.25, -0.2) is 9.97 Å². The zero-order valence-corrected chi connectivity index (χ0v) is 16.5. The molecule has 0 spiro atoms. The lowest BCUT2D eigenvalue weighted by molar-refractivity contribution is 0.754. The van der Waals surface area contributed by atoms with Crippen molar-refractivity contribution in [3.05, 3.63) is 53.4 Å². The zero-order valence-electron chi connectivity index (χ0n) is 16.5. The van der Waals surface area contributed by atoms with Crippen LogP contribution in [-0.2, 0) is 0 Å². The van der Waals surface area contributed by atoms with E-state index in [9.17, 15) is 0 Å². The number of rotatable bonds is 4. The lowest BCUT2D eigenvalue weighted by atomic mass is 10.0. The Morgan fingerprint density at radius 3 is 1.36 bits per heavy atom. The van der Waals surface area contributed by atoms with Gasteiger partial charge in [-0.15, -0.1) is 0 Å². The van der Waals surface area contributed by atoms with Crippen LogP contribution < -0.4 is 0 Å². The normalized spacial score (nSPS) is 10.7. The van der Waals surface area contributed by atoms with E-state index >= 15 is 0 Å². The minimum absolute atomic E-state index is 0. The van der Waals surface area contributed by atoms with Gasteiger partial charge in [0.2, 0.25) is 0 Å². The smallest absolute Gasteiger partial charge is 0.130 e. The van der Waals surface area contributed by atoms with Crippen LogP contribution in [0.1, 0.15) is 109 Å². The van der Waals surface area contributed by atoms with Crippen molar-refractivity contribution in [2.75, 3.05) is 0 Å². The fraction of sp³-hybridized carbons (Fsp3) is 0.591. The van der Waals surface area contributed by atoms with E-state index in [1.807, 2.05) is 18.6 Å². The number of hydrogen-bond acceptors (Lipinski definition) is 3. The molecule has 2 aromatic rings. The van der Waals surface area contributed by atoms with Crippen molar-refractivity contribution in [2.24, 2.45) is 0 Å². The first kappa shape index (κ1) is 23.2.